The smallest absolute Gasteiger partial charge is 0.224 e. The van der Waals surface area contributed by atoms with Crippen molar-refractivity contribution >= 4 is 22.6 Å². The molecule has 126 valence electrons. The van der Waals surface area contributed by atoms with Crippen LogP contribution in [-0.2, 0) is 24.8 Å². The molecule has 24 heavy (non-hydrogen) atoms. The third kappa shape index (κ3) is 3.18. The van der Waals surface area contributed by atoms with Crippen LogP contribution in [-0.4, -0.2) is 25.2 Å². The number of aryl methyl sites for hydroxylation is 5. The summed E-state index contributed by atoms with van der Waals surface area (Å²) in [6, 6.07) is 7.93. The third-order valence-electron chi connectivity index (χ3n) is 4.23. The maximum Gasteiger partial charge on any atom is 0.224 e. The molecule has 6 heteroatoms. The van der Waals surface area contributed by atoms with Crippen molar-refractivity contribution in [3.8, 4) is 0 Å². The Morgan fingerprint density at radius 3 is 2.71 bits per heavy atom. The molecule has 0 radical (unpaired) electrons. The summed E-state index contributed by atoms with van der Waals surface area (Å²) in [7, 11) is 2.02. The van der Waals surface area contributed by atoms with E-state index in [0.717, 1.165) is 46.9 Å². The monoisotopic (exact) mass is 325 g/mol. The summed E-state index contributed by atoms with van der Waals surface area (Å²) in [4.78, 5) is 16.3. The summed E-state index contributed by atoms with van der Waals surface area (Å²) in [5, 5.41) is 7.38. The number of nitrogens with one attached hydrogen (secondary N) is 1. The second-order valence-corrected chi connectivity index (χ2v) is 6.09. The molecule has 3 aromatic rings. The van der Waals surface area contributed by atoms with Gasteiger partial charge in [-0.1, -0.05) is 6.92 Å². The molecule has 0 atom stereocenters. The first-order valence-corrected chi connectivity index (χ1v) is 8.24. The minimum atomic E-state index is 0.00929. The van der Waals surface area contributed by atoms with Crippen molar-refractivity contribution in [1.29, 1.82) is 0 Å². The summed E-state index contributed by atoms with van der Waals surface area (Å²) < 4.78 is 4.12. The molecule has 2 aromatic heterocycles. The van der Waals surface area contributed by atoms with Crippen LogP contribution in [0.2, 0.25) is 0 Å². The Kier molecular flexibility index (Phi) is 4.38. The fraction of sp³-hybridized carbons (Fsp3) is 0.389. The second kappa shape index (κ2) is 6.47. The van der Waals surface area contributed by atoms with E-state index < -0.39 is 0 Å². The van der Waals surface area contributed by atoms with Crippen LogP contribution in [0.25, 0.3) is 11.0 Å². The van der Waals surface area contributed by atoms with E-state index in [1.54, 1.807) is 0 Å². The Labute approximate surface area is 141 Å². The number of nitrogens with zero attached hydrogens (tertiary/aromatic N) is 4. The molecule has 2 heterocycles. The number of imidazole rings is 1. The molecule has 0 fully saturated rings. The highest BCUT2D eigenvalue weighted by Gasteiger charge is 2.10. The van der Waals surface area contributed by atoms with Crippen molar-refractivity contribution in [2.24, 2.45) is 7.05 Å². The Morgan fingerprint density at radius 1 is 1.25 bits per heavy atom. The van der Waals surface area contributed by atoms with Gasteiger partial charge in [-0.15, -0.1) is 0 Å². The lowest BCUT2D eigenvalue weighted by Crippen LogP contribution is -2.09. The maximum atomic E-state index is 11.5. The zero-order chi connectivity index (χ0) is 17.3. The van der Waals surface area contributed by atoms with Crippen LogP contribution in [0.4, 0.5) is 5.69 Å². The maximum absolute atomic E-state index is 11.5. The van der Waals surface area contributed by atoms with E-state index in [1.807, 2.05) is 43.8 Å². The first-order chi connectivity index (χ1) is 11.5. The zero-order valence-corrected chi connectivity index (χ0v) is 14.6. The van der Waals surface area contributed by atoms with E-state index in [4.69, 9.17) is 4.98 Å². The van der Waals surface area contributed by atoms with E-state index in [-0.39, 0.29) is 5.91 Å². The Balaban J connectivity index is 1.82. The lowest BCUT2D eigenvalue weighted by Gasteiger charge is -2.05. The Bertz CT molecular complexity index is 890. The van der Waals surface area contributed by atoms with E-state index in [9.17, 15) is 4.79 Å². The molecule has 0 aliphatic heterocycles. The van der Waals surface area contributed by atoms with Gasteiger partial charge >= 0.3 is 0 Å². The molecule has 0 saturated carbocycles. The summed E-state index contributed by atoms with van der Waals surface area (Å²) >= 11 is 0. The molecule has 0 saturated heterocycles. The molecule has 0 unspecified atom stereocenters. The van der Waals surface area contributed by atoms with Crippen molar-refractivity contribution in [3.63, 3.8) is 0 Å². The highest BCUT2D eigenvalue weighted by atomic mass is 16.1. The summed E-state index contributed by atoms with van der Waals surface area (Å²) in [5.74, 6) is 1.02. The van der Waals surface area contributed by atoms with E-state index in [0.29, 0.717) is 6.42 Å². The standard InChI is InChI=1S/C18H23N5O/c1-5-18(24)19-14-6-7-16-15(11-14)20-17(22(16)4)8-9-23-13(3)10-12(2)21-23/h6-7,10-11H,5,8-9H2,1-4H3,(H,19,24). The lowest BCUT2D eigenvalue weighted by molar-refractivity contribution is -0.115. The van der Waals surface area contributed by atoms with Crippen LogP contribution in [0.1, 0.15) is 30.6 Å². The average Bonchev–Trinajstić information content (AvgIpc) is 3.04. The number of carbonyl (C=O) groups is 1. The fourth-order valence-electron chi connectivity index (χ4n) is 2.91. The van der Waals surface area contributed by atoms with Gasteiger partial charge in [0.25, 0.3) is 0 Å². The van der Waals surface area contributed by atoms with Gasteiger partial charge in [0.2, 0.25) is 5.91 Å². The first kappa shape index (κ1) is 16.2. The molecule has 0 aliphatic rings. The second-order valence-electron chi connectivity index (χ2n) is 6.09. The van der Waals surface area contributed by atoms with Crippen molar-refractivity contribution in [1.82, 2.24) is 19.3 Å². The van der Waals surface area contributed by atoms with E-state index in [2.05, 4.69) is 28.0 Å². The largest absolute Gasteiger partial charge is 0.331 e. The first-order valence-electron chi connectivity index (χ1n) is 8.24. The lowest BCUT2D eigenvalue weighted by atomic mass is 10.2. The van der Waals surface area contributed by atoms with Crippen molar-refractivity contribution < 1.29 is 4.79 Å². The normalized spacial score (nSPS) is 11.2. The predicted molar refractivity (Wildman–Crippen MR) is 95.0 cm³/mol. The third-order valence-corrected chi connectivity index (χ3v) is 4.23. The van der Waals surface area contributed by atoms with Crippen molar-refractivity contribution in [3.05, 3.63) is 41.5 Å². The summed E-state index contributed by atoms with van der Waals surface area (Å²) in [6.45, 7) is 6.71. The number of rotatable bonds is 5. The molecule has 0 bridgehead atoms. The van der Waals surface area contributed by atoms with Gasteiger partial charge in [-0.05, 0) is 38.1 Å². The number of carbonyl (C=O) groups excluding carboxylic acids is 1. The SMILES string of the molecule is CCC(=O)Nc1ccc2c(c1)nc(CCn1nc(C)cc1C)n2C. The van der Waals surface area contributed by atoms with Crippen LogP contribution in [0.5, 0.6) is 0 Å². The molecule has 1 N–H and O–H groups in total. The molecular weight excluding hydrogens is 302 g/mol. The number of amides is 1. The highest BCUT2D eigenvalue weighted by Crippen LogP contribution is 2.20. The van der Waals surface area contributed by atoms with Gasteiger partial charge in [0.1, 0.15) is 5.82 Å². The zero-order valence-electron chi connectivity index (χ0n) is 14.6. The minimum Gasteiger partial charge on any atom is -0.331 e. The number of anilines is 1. The molecule has 0 aliphatic carbocycles. The van der Waals surface area contributed by atoms with Crippen LogP contribution in [0.15, 0.2) is 24.3 Å². The highest BCUT2D eigenvalue weighted by molar-refractivity contribution is 5.92. The number of fused-ring (bicyclic) bond motifs is 1. The van der Waals surface area contributed by atoms with Crippen LogP contribution < -0.4 is 5.32 Å². The van der Waals surface area contributed by atoms with Gasteiger partial charge in [0.15, 0.2) is 0 Å². The van der Waals surface area contributed by atoms with Gasteiger partial charge in [0, 0.05) is 37.8 Å². The average molecular weight is 325 g/mol. The van der Waals surface area contributed by atoms with E-state index >= 15 is 0 Å². The quantitative estimate of drug-likeness (QED) is 0.784. The molecule has 6 nitrogen and oxygen atoms in total. The number of hydrogen-bond acceptors (Lipinski definition) is 3. The summed E-state index contributed by atoms with van der Waals surface area (Å²) in [6.07, 6.45) is 1.28. The van der Waals surface area contributed by atoms with Crippen LogP contribution in [0, 0.1) is 13.8 Å². The van der Waals surface area contributed by atoms with Gasteiger partial charge < -0.3 is 9.88 Å². The van der Waals surface area contributed by atoms with Crippen LogP contribution in [0.3, 0.4) is 0 Å². The molecule has 0 spiro atoms. The minimum absolute atomic E-state index is 0.00929. The number of hydrogen-bond donors (Lipinski definition) is 1. The number of aromatic nitrogens is 4. The van der Waals surface area contributed by atoms with Gasteiger partial charge in [-0.2, -0.15) is 5.10 Å². The summed E-state index contributed by atoms with van der Waals surface area (Å²) in [5.41, 5.74) is 4.95. The van der Waals surface area contributed by atoms with Gasteiger partial charge in [-0.25, -0.2) is 4.98 Å². The fourth-order valence-corrected chi connectivity index (χ4v) is 2.91. The van der Waals surface area contributed by atoms with Crippen molar-refractivity contribution in [2.75, 3.05) is 5.32 Å². The molecule has 3 rings (SSSR count). The Hall–Kier alpha value is -2.63. The predicted octanol–water partition coefficient (Wildman–Crippen LogP) is 2.98. The van der Waals surface area contributed by atoms with Gasteiger partial charge in [0.05, 0.1) is 16.7 Å². The van der Waals surface area contributed by atoms with E-state index in [1.165, 1.54) is 0 Å². The molecule has 1 amide bonds. The molecule has 1 aromatic carbocycles. The van der Waals surface area contributed by atoms with Crippen molar-refractivity contribution in [2.45, 2.75) is 40.2 Å². The molecular formula is C18H23N5O. The number of benzene rings is 1. The van der Waals surface area contributed by atoms with Crippen LogP contribution >= 0.6 is 0 Å². The topological polar surface area (TPSA) is 64.7 Å². The Morgan fingerprint density at radius 2 is 2.04 bits per heavy atom. The van der Waals surface area contributed by atoms with Gasteiger partial charge in [-0.3, -0.25) is 9.48 Å².